The molecule has 0 aromatic rings. The molecule has 1 aliphatic carbocycles. The summed E-state index contributed by atoms with van der Waals surface area (Å²) in [6.07, 6.45) is 1.27. The van der Waals surface area contributed by atoms with Crippen LogP contribution in [0.25, 0.3) is 0 Å². The minimum Gasteiger partial charge on any atom is -0.316 e. The number of hydrogen-bond acceptors (Lipinski definition) is 1. The van der Waals surface area contributed by atoms with E-state index in [-0.39, 0.29) is 0 Å². The van der Waals surface area contributed by atoms with E-state index in [0.29, 0.717) is 16.7 Å². The Balaban J connectivity index is 2.78. The molecule has 2 atom stereocenters. The molecule has 14 heavy (non-hydrogen) atoms. The maximum Gasteiger partial charge on any atom is 0.00572 e. The Morgan fingerprint density at radius 1 is 1.43 bits per heavy atom. The second-order valence-corrected chi connectivity index (χ2v) is 6.18. The molecule has 0 spiro atoms. The fraction of sp³-hybridized carbons (Fsp3) is 0.917. The molecule has 0 amide bonds. The summed E-state index contributed by atoms with van der Waals surface area (Å²) in [6, 6.07) is 0. The summed E-state index contributed by atoms with van der Waals surface area (Å²) in [5.74, 6) is 0.669. The van der Waals surface area contributed by atoms with Crippen LogP contribution in [0.1, 0.15) is 41.0 Å². The van der Waals surface area contributed by atoms with Gasteiger partial charge in [0.05, 0.1) is 0 Å². The van der Waals surface area contributed by atoms with Crippen molar-refractivity contribution < 1.29 is 0 Å². The summed E-state index contributed by atoms with van der Waals surface area (Å²) < 4.78 is 0. The van der Waals surface area contributed by atoms with E-state index >= 15 is 0 Å². The first-order valence-electron chi connectivity index (χ1n) is 5.63. The van der Waals surface area contributed by atoms with E-state index in [1.54, 1.807) is 0 Å². The highest BCUT2D eigenvalue weighted by atomic mass is 31.0. The molecule has 1 N–H and O–H groups in total. The molecule has 0 saturated heterocycles. The predicted molar refractivity (Wildman–Crippen MR) is 67.5 cm³/mol. The monoisotopic (exact) mass is 213 g/mol. The van der Waals surface area contributed by atoms with E-state index in [2.05, 4.69) is 48.8 Å². The normalized spacial score (nSPS) is 36.4. The first kappa shape index (κ1) is 12.2. The molecule has 0 heterocycles. The number of rotatable bonds is 3. The minimum absolute atomic E-state index is 0.329. The van der Waals surface area contributed by atoms with Crippen molar-refractivity contribution in [2.75, 3.05) is 13.1 Å². The van der Waals surface area contributed by atoms with Gasteiger partial charge in [-0.2, -0.15) is 0 Å². The van der Waals surface area contributed by atoms with Gasteiger partial charge in [-0.15, -0.1) is 8.86 Å². The molecular weight excluding hydrogens is 189 g/mol. The van der Waals surface area contributed by atoms with Gasteiger partial charge in [0.25, 0.3) is 0 Å². The highest BCUT2D eigenvalue weighted by Gasteiger charge is 2.47. The topological polar surface area (TPSA) is 12.0 Å². The number of hydrogen-bond donors (Lipinski definition) is 1. The van der Waals surface area contributed by atoms with E-state index in [1.165, 1.54) is 11.7 Å². The summed E-state index contributed by atoms with van der Waals surface area (Å²) in [5.41, 5.74) is 0.761. The van der Waals surface area contributed by atoms with Crippen LogP contribution in [0.4, 0.5) is 0 Å². The Morgan fingerprint density at radius 2 is 2.00 bits per heavy atom. The third-order valence-electron chi connectivity index (χ3n) is 3.87. The second-order valence-electron chi connectivity index (χ2n) is 5.64. The van der Waals surface area contributed by atoms with Crippen LogP contribution in [0.3, 0.4) is 0 Å². The largest absolute Gasteiger partial charge is 0.316 e. The molecule has 0 aromatic heterocycles. The van der Waals surface area contributed by atoms with Gasteiger partial charge in [-0.1, -0.05) is 34.6 Å². The lowest BCUT2D eigenvalue weighted by Crippen LogP contribution is -2.35. The molecule has 1 aliphatic rings. The smallest absolute Gasteiger partial charge is 0.00572 e. The van der Waals surface area contributed by atoms with Crippen molar-refractivity contribution in [2.45, 2.75) is 41.0 Å². The average molecular weight is 213 g/mol. The van der Waals surface area contributed by atoms with Gasteiger partial charge in [0.2, 0.25) is 0 Å². The molecule has 0 aromatic carbocycles. The summed E-state index contributed by atoms with van der Waals surface area (Å²) in [6.45, 7) is 13.8. The number of nitrogens with one attached hydrogen (secondary N) is 1. The Bertz CT molecular complexity index is 234. The minimum atomic E-state index is 0.329. The Kier molecular flexibility index (Phi) is 3.44. The molecule has 0 radical (unpaired) electrons. The Hall–Kier alpha value is 0.130. The lowest BCUT2D eigenvalue weighted by molar-refractivity contribution is 0.255. The molecule has 1 nitrogen and oxygen atoms in total. The third-order valence-corrected chi connectivity index (χ3v) is 4.90. The zero-order valence-corrected chi connectivity index (χ0v) is 11.2. The van der Waals surface area contributed by atoms with E-state index in [4.69, 9.17) is 0 Å². The van der Waals surface area contributed by atoms with Gasteiger partial charge >= 0.3 is 0 Å². The summed E-state index contributed by atoms with van der Waals surface area (Å²) in [5, 5.41) is 4.96. The molecule has 1 fully saturated rings. The average Bonchev–Trinajstić information content (AvgIpc) is 2.24. The van der Waals surface area contributed by atoms with Gasteiger partial charge < -0.3 is 5.32 Å². The summed E-state index contributed by atoms with van der Waals surface area (Å²) in [4.78, 5) is 0. The third kappa shape index (κ3) is 2.04. The first-order valence-corrected chi connectivity index (χ1v) is 6.13. The van der Waals surface area contributed by atoms with Crippen LogP contribution in [0.5, 0.6) is 0 Å². The molecule has 0 bridgehead atoms. The fourth-order valence-electron chi connectivity index (χ4n) is 2.73. The Labute approximate surface area is 90.9 Å². The van der Waals surface area contributed by atoms with Crippen molar-refractivity contribution >= 4 is 14.2 Å². The van der Waals surface area contributed by atoms with E-state index in [9.17, 15) is 0 Å². The van der Waals surface area contributed by atoms with Crippen LogP contribution < -0.4 is 5.32 Å². The van der Waals surface area contributed by atoms with Crippen LogP contribution in [0.2, 0.25) is 0 Å². The molecule has 1 rings (SSSR count). The van der Waals surface area contributed by atoms with Gasteiger partial charge in [-0.3, -0.25) is 0 Å². The van der Waals surface area contributed by atoms with Crippen LogP contribution in [-0.2, 0) is 0 Å². The first-order chi connectivity index (χ1) is 6.33. The molecule has 0 aliphatic heterocycles. The highest BCUT2D eigenvalue weighted by Crippen LogP contribution is 2.50. The van der Waals surface area contributed by atoms with Gasteiger partial charge in [-0.25, -0.2) is 0 Å². The van der Waals surface area contributed by atoms with E-state index < -0.39 is 0 Å². The molecular formula is C12H24NP. The lowest BCUT2D eigenvalue weighted by Gasteiger charge is -2.27. The molecule has 1 unspecified atom stereocenters. The van der Waals surface area contributed by atoms with Gasteiger partial charge in [0.1, 0.15) is 0 Å². The molecule has 1 saturated carbocycles. The maximum atomic E-state index is 3.86. The van der Waals surface area contributed by atoms with Crippen molar-refractivity contribution in [3.05, 3.63) is 0 Å². The van der Waals surface area contributed by atoms with Crippen LogP contribution in [0, 0.1) is 16.7 Å². The molecule has 2 heteroatoms. The van der Waals surface area contributed by atoms with Gasteiger partial charge in [-0.05, 0) is 29.6 Å². The van der Waals surface area contributed by atoms with Crippen LogP contribution >= 0.6 is 8.86 Å². The van der Waals surface area contributed by atoms with Crippen LogP contribution in [0.15, 0.2) is 0 Å². The zero-order valence-electron chi connectivity index (χ0n) is 10.2. The maximum absolute atomic E-state index is 3.86. The summed E-state index contributed by atoms with van der Waals surface area (Å²) >= 11 is 0. The SMILES string of the molecule is CCNC[C@]1(C)CC(C)(C)C(C)C1=P. The van der Waals surface area contributed by atoms with E-state index in [1.807, 2.05) is 0 Å². The highest BCUT2D eigenvalue weighted by molar-refractivity contribution is 7.21. The van der Waals surface area contributed by atoms with Crippen molar-refractivity contribution in [1.82, 2.24) is 5.32 Å². The fourth-order valence-corrected chi connectivity index (χ4v) is 3.29. The van der Waals surface area contributed by atoms with Gasteiger partial charge in [0, 0.05) is 12.0 Å². The zero-order chi connectivity index (χ0) is 11.0. The molecule has 82 valence electrons. The van der Waals surface area contributed by atoms with Crippen molar-refractivity contribution in [3.8, 4) is 0 Å². The summed E-state index contributed by atoms with van der Waals surface area (Å²) in [7, 11) is 3.86. The quantitative estimate of drug-likeness (QED) is 0.711. The second kappa shape index (κ2) is 3.94. The van der Waals surface area contributed by atoms with Gasteiger partial charge in [0.15, 0.2) is 0 Å². The lowest BCUT2D eigenvalue weighted by atomic mass is 9.81. The van der Waals surface area contributed by atoms with Crippen molar-refractivity contribution in [2.24, 2.45) is 16.7 Å². The Morgan fingerprint density at radius 3 is 2.36 bits per heavy atom. The van der Waals surface area contributed by atoms with Crippen molar-refractivity contribution in [1.29, 1.82) is 0 Å². The van der Waals surface area contributed by atoms with Crippen molar-refractivity contribution in [3.63, 3.8) is 0 Å². The predicted octanol–water partition coefficient (Wildman–Crippen LogP) is 2.98. The van der Waals surface area contributed by atoms with E-state index in [0.717, 1.165) is 13.1 Å². The standard InChI is InChI=1S/C12H24NP/c1-6-13-8-12(5)7-11(3,4)9(2)10(12)14/h9,13-14H,6-8H2,1-5H3/t9?,12-/m0/s1. The van der Waals surface area contributed by atoms with Crippen LogP contribution in [-0.4, -0.2) is 18.4 Å².